The van der Waals surface area contributed by atoms with Gasteiger partial charge in [0.2, 0.25) is 0 Å². The highest BCUT2D eigenvalue weighted by atomic mass is 16.5. The second-order valence-electron chi connectivity index (χ2n) is 6.21. The number of nitrogens with one attached hydrogen (secondary N) is 2. The number of fused-ring (bicyclic) bond motifs is 1. The monoisotopic (exact) mass is 348 g/mol. The van der Waals surface area contributed by atoms with Crippen LogP contribution in [0.3, 0.4) is 0 Å². The fraction of sp³-hybridized carbons (Fsp3) is 0.211. The first kappa shape index (κ1) is 16.1. The topological polar surface area (TPSA) is 103 Å². The van der Waals surface area contributed by atoms with Gasteiger partial charge >= 0.3 is 0 Å². The molecule has 0 radical (unpaired) electrons. The molecule has 0 amide bonds. The number of benzene rings is 1. The Morgan fingerprint density at radius 3 is 3.00 bits per heavy atom. The average molecular weight is 348 g/mol. The van der Waals surface area contributed by atoms with Crippen LogP contribution in [0.25, 0.3) is 23.5 Å². The standard InChI is InChI=1S/C19H20N6O/c1-26-18-4-3-12(7-14(18)11-25-6-2-5-22-25)19-23-16-8-13(10-20)15(21)9-17(16)24-19/h3-5,7-10,21H,2,6,11,20H2,1H3,(H,23,24)/b13-10-,21-15?. The average Bonchev–Trinajstić information content (AvgIpc) is 3.30. The van der Waals surface area contributed by atoms with E-state index in [-0.39, 0.29) is 0 Å². The summed E-state index contributed by atoms with van der Waals surface area (Å²) >= 11 is 0. The SMILES string of the molecule is COc1ccc(-c2nc3c([nH]2)=CC(=N)/C(=C\N)C=3)cc1CN1CCC=N1. The van der Waals surface area contributed by atoms with Crippen molar-refractivity contribution in [3.63, 3.8) is 0 Å². The van der Waals surface area contributed by atoms with Gasteiger partial charge in [0, 0.05) is 42.1 Å². The van der Waals surface area contributed by atoms with Crippen molar-refractivity contribution < 1.29 is 4.74 Å². The minimum absolute atomic E-state index is 0.373. The van der Waals surface area contributed by atoms with Crippen LogP contribution in [0.1, 0.15) is 12.0 Å². The largest absolute Gasteiger partial charge is 0.496 e. The van der Waals surface area contributed by atoms with Crippen LogP contribution in [-0.2, 0) is 6.54 Å². The number of hydrazone groups is 1. The maximum absolute atomic E-state index is 7.98. The molecule has 2 heterocycles. The van der Waals surface area contributed by atoms with E-state index >= 15 is 0 Å². The van der Waals surface area contributed by atoms with E-state index in [1.165, 1.54) is 6.20 Å². The summed E-state index contributed by atoms with van der Waals surface area (Å²) < 4.78 is 5.50. The lowest BCUT2D eigenvalue weighted by Crippen LogP contribution is -2.30. The molecule has 0 saturated carbocycles. The minimum Gasteiger partial charge on any atom is -0.496 e. The highest BCUT2D eigenvalue weighted by Gasteiger charge is 2.14. The third-order valence-corrected chi connectivity index (χ3v) is 4.50. The van der Waals surface area contributed by atoms with Gasteiger partial charge in [-0.05, 0) is 30.4 Å². The smallest absolute Gasteiger partial charge is 0.138 e. The van der Waals surface area contributed by atoms with Crippen molar-refractivity contribution in [2.75, 3.05) is 13.7 Å². The zero-order chi connectivity index (χ0) is 18.1. The zero-order valence-corrected chi connectivity index (χ0v) is 14.5. The van der Waals surface area contributed by atoms with Crippen molar-refractivity contribution in [2.24, 2.45) is 10.8 Å². The van der Waals surface area contributed by atoms with Crippen LogP contribution in [0.2, 0.25) is 0 Å². The fourth-order valence-corrected chi connectivity index (χ4v) is 3.15. The van der Waals surface area contributed by atoms with Crippen molar-refractivity contribution in [3.05, 3.63) is 46.2 Å². The molecule has 0 fully saturated rings. The lowest BCUT2D eigenvalue weighted by atomic mass is 10.1. The molecule has 0 saturated heterocycles. The Kier molecular flexibility index (Phi) is 4.04. The Hall–Kier alpha value is -3.35. The van der Waals surface area contributed by atoms with E-state index in [1.54, 1.807) is 13.2 Å². The molecule has 4 N–H and O–H groups in total. The van der Waals surface area contributed by atoms with Gasteiger partial charge in [0.15, 0.2) is 0 Å². The van der Waals surface area contributed by atoms with Gasteiger partial charge in [0.25, 0.3) is 0 Å². The maximum Gasteiger partial charge on any atom is 0.138 e. The van der Waals surface area contributed by atoms with Gasteiger partial charge in [-0.3, -0.25) is 5.01 Å². The van der Waals surface area contributed by atoms with Gasteiger partial charge in [-0.25, -0.2) is 4.98 Å². The van der Waals surface area contributed by atoms with Crippen LogP contribution in [0.4, 0.5) is 0 Å². The van der Waals surface area contributed by atoms with Gasteiger partial charge in [0.1, 0.15) is 11.6 Å². The lowest BCUT2D eigenvalue weighted by Gasteiger charge is -2.16. The maximum atomic E-state index is 7.98. The molecule has 1 aliphatic carbocycles. The molecule has 1 aliphatic heterocycles. The highest BCUT2D eigenvalue weighted by molar-refractivity contribution is 6.23. The molecule has 26 heavy (non-hydrogen) atoms. The molecule has 2 aliphatic rings. The number of aromatic nitrogens is 2. The van der Waals surface area contributed by atoms with E-state index in [0.29, 0.717) is 17.8 Å². The zero-order valence-electron chi connectivity index (χ0n) is 14.5. The summed E-state index contributed by atoms with van der Waals surface area (Å²) in [6.07, 6.45) is 7.90. The van der Waals surface area contributed by atoms with E-state index < -0.39 is 0 Å². The van der Waals surface area contributed by atoms with Gasteiger partial charge < -0.3 is 20.9 Å². The molecule has 1 aromatic carbocycles. The van der Waals surface area contributed by atoms with Crippen molar-refractivity contribution in [1.82, 2.24) is 15.0 Å². The van der Waals surface area contributed by atoms with Gasteiger partial charge in [-0.15, -0.1) is 0 Å². The van der Waals surface area contributed by atoms with Crippen LogP contribution in [0.15, 0.2) is 35.1 Å². The van der Waals surface area contributed by atoms with Crippen LogP contribution >= 0.6 is 0 Å². The number of imidazole rings is 1. The summed E-state index contributed by atoms with van der Waals surface area (Å²) in [6, 6.07) is 6.00. The third kappa shape index (κ3) is 2.88. The van der Waals surface area contributed by atoms with Crippen molar-refractivity contribution in [1.29, 1.82) is 5.41 Å². The second-order valence-corrected chi connectivity index (χ2v) is 6.21. The molecule has 132 valence electrons. The molecule has 0 atom stereocenters. The first-order valence-corrected chi connectivity index (χ1v) is 8.43. The molecular weight excluding hydrogens is 328 g/mol. The number of hydrogen-bond donors (Lipinski definition) is 3. The van der Waals surface area contributed by atoms with Crippen LogP contribution in [0.5, 0.6) is 5.75 Å². The number of methoxy groups -OCH3 is 1. The molecule has 2 aromatic rings. The number of H-pyrrole nitrogens is 1. The van der Waals surface area contributed by atoms with Gasteiger partial charge in [0.05, 0.1) is 30.1 Å². The summed E-state index contributed by atoms with van der Waals surface area (Å²) in [4.78, 5) is 7.96. The predicted molar refractivity (Wildman–Crippen MR) is 102 cm³/mol. The summed E-state index contributed by atoms with van der Waals surface area (Å²) in [5, 5.41) is 16.0. The van der Waals surface area contributed by atoms with E-state index in [4.69, 9.17) is 15.9 Å². The Labute approximate surface area is 150 Å². The summed E-state index contributed by atoms with van der Waals surface area (Å²) in [7, 11) is 1.67. The van der Waals surface area contributed by atoms with E-state index in [1.807, 2.05) is 29.4 Å². The van der Waals surface area contributed by atoms with Crippen LogP contribution in [0, 0.1) is 5.41 Å². The predicted octanol–water partition coefficient (Wildman–Crippen LogP) is 0.714. The summed E-state index contributed by atoms with van der Waals surface area (Å²) in [5.41, 5.74) is 8.63. The van der Waals surface area contributed by atoms with Crippen LogP contribution in [-0.4, -0.2) is 40.6 Å². The Morgan fingerprint density at radius 1 is 1.38 bits per heavy atom. The third-order valence-electron chi connectivity index (χ3n) is 4.50. The lowest BCUT2D eigenvalue weighted by molar-refractivity contribution is 0.302. The number of nitrogens with two attached hydrogens (primary N) is 1. The van der Waals surface area contributed by atoms with Crippen molar-refractivity contribution in [3.8, 4) is 17.1 Å². The summed E-state index contributed by atoms with van der Waals surface area (Å²) in [6.45, 7) is 1.61. The van der Waals surface area contributed by atoms with Gasteiger partial charge in [-0.2, -0.15) is 5.10 Å². The number of rotatable bonds is 4. The number of allylic oxidation sites excluding steroid dienone is 1. The summed E-state index contributed by atoms with van der Waals surface area (Å²) in [5.74, 6) is 1.59. The molecule has 1 aromatic heterocycles. The minimum atomic E-state index is 0.373. The van der Waals surface area contributed by atoms with E-state index in [9.17, 15) is 0 Å². The molecule has 0 unspecified atom stereocenters. The highest BCUT2D eigenvalue weighted by Crippen LogP contribution is 2.26. The molecule has 7 heteroatoms. The molecule has 4 rings (SSSR count). The van der Waals surface area contributed by atoms with E-state index in [2.05, 4.69) is 21.1 Å². The molecular formula is C19H20N6O. The number of aromatic amines is 1. The first-order valence-electron chi connectivity index (χ1n) is 8.43. The number of nitrogens with zero attached hydrogens (tertiary/aromatic N) is 3. The molecule has 0 spiro atoms. The molecule has 7 nitrogen and oxygen atoms in total. The quantitative estimate of drug-likeness (QED) is 0.757. The molecule has 0 bridgehead atoms. The Balaban J connectivity index is 1.74. The van der Waals surface area contributed by atoms with Crippen LogP contribution < -0.4 is 21.2 Å². The fourth-order valence-electron chi connectivity index (χ4n) is 3.15. The van der Waals surface area contributed by atoms with E-state index in [0.717, 1.165) is 46.4 Å². The normalized spacial score (nSPS) is 17.2. The Morgan fingerprint density at radius 2 is 2.27 bits per heavy atom. The van der Waals surface area contributed by atoms with Crippen molar-refractivity contribution >= 4 is 24.1 Å². The number of ether oxygens (including phenoxy) is 1. The first-order chi connectivity index (χ1) is 12.7. The Bertz CT molecular complexity index is 1050. The van der Waals surface area contributed by atoms with Gasteiger partial charge in [-0.1, -0.05) is 0 Å². The second kappa shape index (κ2) is 6.51. The van der Waals surface area contributed by atoms with Crippen molar-refractivity contribution in [2.45, 2.75) is 13.0 Å². The number of hydrogen-bond acceptors (Lipinski definition) is 6.